The van der Waals surface area contributed by atoms with Gasteiger partial charge in [-0.1, -0.05) is 12.1 Å². The van der Waals surface area contributed by atoms with E-state index in [0.717, 1.165) is 69.5 Å². The number of aromatic nitrogens is 2. The molecule has 7 heteroatoms. The lowest BCUT2D eigenvalue weighted by Crippen LogP contribution is -2.39. The Morgan fingerprint density at radius 1 is 1.11 bits per heavy atom. The van der Waals surface area contributed by atoms with Gasteiger partial charge in [-0.2, -0.15) is 4.98 Å². The van der Waals surface area contributed by atoms with Crippen LogP contribution in [0.4, 0.5) is 11.8 Å². The van der Waals surface area contributed by atoms with Gasteiger partial charge < -0.3 is 20.1 Å². The second-order valence-corrected chi connectivity index (χ2v) is 6.63. The Balaban J connectivity index is 1.45. The monoisotopic (exact) mass is 371 g/mol. The first-order chi connectivity index (χ1) is 13.2. The van der Waals surface area contributed by atoms with Crippen molar-refractivity contribution in [1.29, 1.82) is 0 Å². The maximum absolute atomic E-state index is 5.37. The quantitative estimate of drug-likeness (QED) is 0.700. The molecule has 0 saturated carbocycles. The highest BCUT2D eigenvalue weighted by atomic mass is 16.5. The van der Waals surface area contributed by atoms with Crippen LogP contribution in [-0.2, 0) is 11.2 Å². The average molecular weight is 371 g/mol. The molecular weight excluding hydrogens is 342 g/mol. The Labute approximate surface area is 161 Å². The first kappa shape index (κ1) is 19.4. The highest BCUT2D eigenvalue weighted by Crippen LogP contribution is 2.14. The van der Waals surface area contributed by atoms with E-state index < -0.39 is 0 Å². The summed E-state index contributed by atoms with van der Waals surface area (Å²) in [4.78, 5) is 11.4. The molecule has 1 fully saturated rings. The van der Waals surface area contributed by atoms with E-state index in [-0.39, 0.29) is 0 Å². The van der Waals surface area contributed by atoms with Crippen molar-refractivity contribution in [3.8, 4) is 5.75 Å². The van der Waals surface area contributed by atoms with Crippen LogP contribution in [0.5, 0.6) is 5.75 Å². The molecule has 27 heavy (non-hydrogen) atoms. The SMILES string of the molecule is COc1ccc(CCNc2nc(NCCN3CCOCC3)ncc2C)cc1. The summed E-state index contributed by atoms with van der Waals surface area (Å²) in [6.07, 6.45) is 2.78. The van der Waals surface area contributed by atoms with E-state index >= 15 is 0 Å². The number of morpholine rings is 1. The number of benzene rings is 1. The summed E-state index contributed by atoms with van der Waals surface area (Å²) in [6.45, 7) is 8.27. The molecule has 1 aromatic heterocycles. The second-order valence-electron chi connectivity index (χ2n) is 6.63. The normalized spacial score (nSPS) is 14.7. The van der Waals surface area contributed by atoms with Crippen LogP contribution in [0, 0.1) is 6.92 Å². The molecule has 0 amide bonds. The lowest BCUT2D eigenvalue weighted by atomic mass is 10.1. The predicted molar refractivity (Wildman–Crippen MR) is 108 cm³/mol. The van der Waals surface area contributed by atoms with Gasteiger partial charge in [0.1, 0.15) is 11.6 Å². The molecule has 2 N–H and O–H groups in total. The van der Waals surface area contributed by atoms with Gasteiger partial charge in [-0.25, -0.2) is 4.98 Å². The summed E-state index contributed by atoms with van der Waals surface area (Å²) in [5, 5.41) is 6.74. The zero-order valence-corrected chi connectivity index (χ0v) is 16.2. The number of nitrogens with zero attached hydrogens (tertiary/aromatic N) is 3. The summed E-state index contributed by atoms with van der Waals surface area (Å²) < 4.78 is 10.6. The zero-order chi connectivity index (χ0) is 18.9. The van der Waals surface area contributed by atoms with Gasteiger partial charge in [0.2, 0.25) is 5.95 Å². The third-order valence-electron chi connectivity index (χ3n) is 4.65. The molecule has 2 heterocycles. The number of hydrogen-bond donors (Lipinski definition) is 2. The first-order valence-electron chi connectivity index (χ1n) is 9.49. The molecule has 3 rings (SSSR count). The number of ether oxygens (including phenoxy) is 2. The smallest absolute Gasteiger partial charge is 0.224 e. The van der Waals surface area contributed by atoms with Crippen molar-refractivity contribution >= 4 is 11.8 Å². The fourth-order valence-electron chi connectivity index (χ4n) is 2.97. The van der Waals surface area contributed by atoms with E-state index in [1.165, 1.54) is 5.56 Å². The van der Waals surface area contributed by atoms with E-state index in [4.69, 9.17) is 9.47 Å². The van der Waals surface area contributed by atoms with E-state index in [1.54, 1.807) is 7.11 Å². The van der Waals surface area contributed by atoms with E-state index in [9.17, 15) is 0 Å². The number of nitrogens with one attached hydrogen (secondary N) is 2. The number of rotatable bonds is 9. The maximum atomic E-state index is 5.37. The number of hydrogen-bond acceptors (Lipinski definition) is 7. The Hall–Kier alpha value is -2.38. The molecule has 0 bridgehead atoms. The highest BCUT2D eigenvalue weighted by molar-refractivity contribution is 5.46. The molecule has 0 unspecified atom stereocenters. The van der Waals surface area contributed by atoms with E-state index in [2.05, 4.69) is 37.6 Å². The largest absolute Gasteiger partial charge is 0.497 e. The number of methoxy groups -OCH3 is 1. The van der Waals surface area contributed by atoms with E-state index in [0.29, 0.717) is 5.95 Å². The van der Waals surface area contributed by atoms with Gasteiger partial charge in [0.05, 0.1) is 20.3 Å². The maximum Gasteiger partial charge on any atom is 0.224 e. The van der Waals surface area contributed by atoms with Crippen LogP contribution in [0.25, 0.3) is 0 Å². The molecular formula is C20H29N5O2. The van der Waals surface area contributed by atoms with Crippen molar-refractivity contribution in [2.24, 2.45) is 0 Å². The van der Waals surface area contributed by atoms with Gasteiger partial charge in [-0.05, 0) is 31.0 Å². The molecule has 7 nitrogen and oxygen atoms in total. The van der Waals surface area contributed by atoms with Crippen LogP contribution in [0.2, 0.25) is 0 Å². The summed E-state index contributed by atoms with van der Waals surface area (Å²) in [6, 6.07) is 8.15. The predicted octanol–water partition coefficient (Wildman–Crippen LogP) is 2.19. The number of aryl methyl sites for hydroxylation is 1. The minimum Gasteiger partial charge on any atom is -0.497 e. The van der Waals surface area contributed by atoms with Crippen molar-refractivity contribution in [2.45, 2.75) is 13.3 Å². The lowest BCUT2D eigenvalue weighted by Gasteiger charge is -2.26. The fraction of sp³-hybridized carbons (Fsp3) is 0.500. The van der Waals surface area contributed by atoms with Crippen LogP contribution < -0.4 is 15.4 Å². The topological polar surface area (TPSA) is 71.5 Å². The Morgan fingerprint density at radius 2 is 1.89 bits per heavy atom. The summed E-state index contributed by atoms with van der Waals surface area (Å²) in [7, 11) is 1.68. The van der Waals surface area contributed by atoms with Crippen LogP contribution in [0.15, 0.2) is 30.5 Å². The molecule has 0 spiro atoms. The van der Waals surface area contributed by atoms with Crippen LogP contribution >= 0.6 is 0 Å². The van der Waals surface area contributed by atoms with Gasteiger partial charge in [-0.3, -0.25) is 4.90 Å². The number of anilines is 2. The Morgan fingerprint density at radius 3 is 2.63 bits per heavy atom. The van der Waals surface area contributed by atoms with Crippen LogP contribution in [0.1, 0.15) is 11.1 Å². The van der Waals surface area contributed by atoms with Gasteiger partial charge in [0, 0.05) is 44.5 Å². The lowest BCUT2D eigenvalue weighted by molar-refractivity contribution is 0.0398. The summed E-state index contributed by atoms with van der Waals surface area (Å²) in [5.41, 5.74) is 2.31. The van der Waals surface area contributed by atoms with Gasteiger partial charge in [0.25, 0.3) is 0 Å². The van der Waals surface area contributed by atoms with E-state index in [1.807, 2.05) is 25.3 Å². The fourth-order valence-corrected chi connectivity index (χ4v) is 2.97. The minimum absolute atomic E-state index is 0.667. The summed E-state index contributed by atoms with van der Waals surface area (Å²) in [5.74, 6) is 2.43. The molecule has 1 aromatic carbocycles. The highest BCUT2D eigenvalue weighted by Gasteiger charge is 2.10. The molecule has 0 aliphatic carbocycles. The Bertz CT molecular complexity index is 702. The van der Waals surface area contributed by atoms with Crippen molar-refractivity contribution in [3.05, 3.63) is 41.6 Å². The van der Waals surface area contributed by atoms with Crippen molar-refractivity contribution < 1.29 is 9.47 Å². The second kappa shape index (κ2) is 10.1. The molecule has 146 valence electrons. The average Bonchev–Trinajstić information content (AvgIpc) is 2.71. The standard InChI is InChI=1S/C20H29N5O2/c1-16-15-23-20(22-9-10-25-11-13-27-14-12-25)24-19(16)21-8-7-17-3-5-18(26-2)6-4-17/h3-6,15H,7-14H2,1-2H3,(H2,21,22,23,24). The van der Waals surface area contributed by atoms with Gasteiger partial charge in [-0.15, -0.1) is 0 Å². The van der Waals surface area contributed by atoms with Crippen molar-refractivity contribution in [3.63, 3.8) is 0 Å². The minimum atomic E-state index is 0.667. The molecule has 1 aliphatic heterocycles. The van der Waals surface area contributed by atoms with Gasteiger partial charge in [0.15, 0.2) is 0 Å². The molecule has 0 radical (unpaired) electrons. The van der Waals surface area contributed by atoms with Crippen molar-refractivity contribution in [1.82, 2.24) is 14.9 Å². The van der Waals surface area contributed by atoms with Gasteiger partial charge >= 0.3 is 0 Å². The van der Waals surface area contributed by atoms with Crippen LogP contribution in [0.3, 0.4) is 0 Å². The summed E-state index contributed by atoms with van der Waals surface area (Å²) >= 11 is 0. The first-order valence-corrected chi connectivity index (χ1v) is 9.49. The third-order valence-corrected chi connectivity index (χ3v) is 4.65. The molecule has 2 aromatic rings. The van der Waals surface area contributed by atoms with Crippen molar-refractivity contribution in [2.75, 3.05) is 63.7 Å². The zero-order valence-electron chi connectivity index (χ0n) is 16.2. The molecule has 0 atom stereocenters. The van der Waals surface area contributed by atoms with Crippen LogP contribution in [-0.4, -0.2) is 67.9 Å². The molecule has 1 aliphatic rings. The Kier molecular flexibility index (Phi) is 7.24. The third kappa shape index (κ3) is 6.08. The molecule has 1 saturated heterocycles.